The number of para-hydroxylation sites is 1. The number of likely N-dealkylation sites (tertiary alicyclic amines) is 1. The predicted octanol–water partition coefficient (Wildman–Crippen LogP) is 3.09. The van der Waals surface area contributed by atoms with Gasteiger partial charge in [0.05, 0.1) is 32.2 Å². The lowest BCUT2D eigenvalue weighted by Crippen LogP contribution is -2.82. The van der Waals surface area contributed by atoms with E-state index in [4.69, 9.17) is 9.47 Å². The predicted molar refractivity (Wildman–Crippen MR) is 124 cm³/mol. The molecule has 2 saturated heterocycles. The number of carbonyl (C=O) groups is 1. The van der Waals surface area contributed by atoms with E-state index in [1.807, 2.05) is 12.1 Å². The molecular formula is C27H35N2O3+. The van der Waals surface area contributed by atoms with Crippen LogP contribution in [-0.4, -0.2) is 50.2 Å². The molecule has 2 unspecified atom stereocenters. The number of nitrogens with two attached hydrogens (primary N) is 1. The number of hydrogen-bond acceptors (Lipinski definition) is 3. The van der Waals surface area contributed by atoms with Gasteiger partial charge in [-0.05, 0) is 43.2 Å². The molecule has 0 radical (unpaired) electrons. The molecule has 2 aromatic carbocycles. The first-order chi connectivity index (χ1) is 15.7. The number of ether oxygens (including phenoxy) is 2. The molecule has 1 amide bonds. The van der Waals surface area contributed by atoms with Gasteiger partial charge in [0.2, 0.25) is 5.91 Å². The lowest BCUT2D eigenvalue weighted by molar-refractivity contribution is -0.640. The molecule has 32 heavy (non-hydrogen) atoms. The monoisotopic (exact) mass is 435 g/mol. The van der Waals surface area contributed by atoms with Gasteiger partial charge in [0.25, 0.3) is 0 Å². The van der Waals surface area contributed by atoms with Gasteiger partial charge in [-0.15, -0.1) is 0 Å². The van der Waals surface area contributed by atoms with Crippen LogP contribution in [0.5, 0.6) is 11.5 Å². The Morgan fingerprint density at radius 1 is 1.22 bits per heavy atom. The number of nitrogens with zero attached hydrogens (tertiary/aromatic N) is 1. The number of amides is 1. The molecule has 4 atom stereocenters. The first kappa shape index (κ1) is 21.3. The van der Waals surface area contributed by atoms with Gasteiger partial charge in [0, 0.05) is 18.2 Å². The van der Waals surface area contributed by atoms with Gasteiger partial charge in [-0.3, -0.25) is 4.79 Å². The lowest BCUT2D eigenvalue weighted by atomic mass is 9.68. The highest BCUT2D eigenvalue weighted by Crippen LogP contribution is 2.49. The van der Waals surface area contributed by atoms with Gasteiger partial charge >= 0.3 is 0 Å². The number of hydrogen-bond donors (Lipinski definition) is 1. The number of piperidine rings is 1. The third-order valence-corrected chi connectivity index (χ3v) is 8.15. The van der Waals surface area contributed by atoms with Crippen LogP contribution < -0.4 is 14.8 Å². The first-order valence-corrected chi connectivity index (χ1v) is 12.2. The molecule has 3 aliphatic rings. The maximum atomic E-state index is 14.1. The summed E-state index contributed by atoms with van der Waals surface area (Å²) < 4.78 is 11.6. The molecule has 0 aliphatic carbocycles. The average Bonchev–Trinajstić information content (AvgIpc) is 3.27. The van der Waals surface area contributed by atoms with Crippen molar-refractivity contribution in [1.82, 2.24) is 4.90 Å². The zero-order valence-electron chi connectivity index (χ0n) is 19.3. The van der Waals surface area contributed by atoms with Crippen LogP contribution in [0.25, 0.3) is 0 Å². The zero-order chi connectivity index (χ0) is 22.1. The Balaban J connectivity index is 1.41. The molecule has 170 valence electrons. The molecule has 2 N–H and O–H groups in total. The number of carbonyl (C=O) groups excluding carboxylic acids is 1. The highest BCUT2D eigenvalue weighted by molar-refractivity contribution is 5.82. The van der Waals surface area contributed by atoms with Crippen molar-refractivity contribution in [2.45, 2.75) is 50.0 Å². The summed E-state index contributed by atoms with van der Waals surface area (Å²) in [5.41, 5.74) is 2.39. The number of benzene rings is 2. The Morgan fingerprint density at radius 2 is 2.06 bits per heavy atom. The second-order valence-corrected chi connectivity index (χ2v) is 9.60. The van der Waals surface area contributed by atoms with Crippen LogP contribution in [0.15, 0.2) is 48.5 Å². The van der Waals surface area contributed by atoms with Crippen LogP contribution >= 0.6 is 0 Å². The minimum Gasteiger partial charge on any atom is -0.493 e. The molecule has 2 aromatic rings. The van der Waals surface area contributed by atoms with Gasteiger partial charge in [0.15, 0.2) is 11.5 Å². The fourth-order valence-electron chi connectivity index (χ4n) is 6.43. The highest BCUT2D eigenvalue weighted by atomic mass is 16.5. The zero-order valence-corrected chi connectivity index (χ0v) is 19.3. The van der Waals surface area contributed by atoms with Crippen molar-refractivity contribution < 1.29 is 19.6 Å². The summed E-state index contributed by atoms with van der Waals surface area (Å²) in [5.74, 6) is 2.48. The van der Waals surface area contributed by atoms with E-state index < -0.39 is 0 Å². The Hall–Kier alpha value is -2.53. The van der Waals surface area contributed by atoms with Gasteiger partial charge in [0.1, 0.15) is 5.92 Å². The Bertz CT molecular complexity index is 963. The van der Waals surface area contributed by atoms with Crippen LogP contribution in [0.2, 0.25) is 0 Å². The summed E-state index contributed by atoms with van der Waals surface area (Å²) in [4.78, 5) is 16.3. The van der Waals surface area contributed by atoms with Gasteiger partial charge in [-0.25, -0.2) is 0 Å². The summed E-state index contributed by atoms with van der Waals surface area (Å²) in [6.45, 7) is 5.50. The normalized spacial score (nSPS) is 29.4. The molecule has 2 fully saturated rings. The smallest absolute Gasteiger partial charge is 0.232 e. The van der Waals surface area contributed by atoms with Crippen LogP contribution in [0, 0.1) is 5.92 Å². The topological polar surface area (TPSA) is 55.4 Å². The Kier molecular flexibility index (Phi) is 5.85. The van der Waals surface area contributed by atoms with Crippen LogP contribution in [-0.2, 0) is 10.2 Å². The number of rotatable bonds is 4. The third kappa shape index (κ3) is 3.47. The van der Waals surface area contributed by atoms with E-state index in [0.29, 0.717) is 24.5 Å². The Morgan fingerprint density at radius 3 is 2.84 bits per heavy atom. The molecule has 0 bridgehead atoms. The lowest BCUT2D eigenvalue weighted by Gasteiger charge is -2.43. The molecule has 3 aliphatic heterocycles. The van der Waals surface area contributed by atoms with Crippen LogP contribution in [0.1, 0.15) is 49.7 Å². The summed E-state index contributed by atoms with van der Waals surface area (Å²) in [7, 11) is 1.69. The van der Waals surface area contributed by atoms with E-state index >= 15 is 0 Å². The number of fused-ring (bicyclic) bond motifs is 2. The maximum absolute atomic E-state index is 14.1. The van der Waals surface area contributed by atoms with Crippen molar-refractivity contribution in [2.24, 2.45) is 5.92 Å². The van der Waals surface area contributed by atoms with Crippen molar-refractivity contribution in [2.75, 3.05) is 33.4 Å². The minimum atomic E-state index is -0.173. The maximum Gasteiger partial charge on any atom is 0.232 e. The van der Waals surface area contributed by atoms with Crippen molar-refractivity contribution in [3.05, 3.63) is 59.7 Å². The Labute approximate surface area is 191 Å². The molecule has 0 saturated carbocycles. The van der Waals surface area contributed by atoms with Gasteiger partial charge in [-0.2, -0.15) is 0 Å². The van der Waals surface area contributed by atoms with E-state index in [1.54, 1.807) is 7.11 Å². The molecule has 0 aromatic heterocycles. The van der Waals surface area contributed by atoms with Crippen LogP contribution in [0.3, 0.4) is 0 Å². The quantitative estimate of drug-likeness (QED) is 0.803. The standard InChI is InChI=1S/C27H34N2O3/c1-3-21-16-20(19-8-5-4-6-9-19)12-14-29(21)26(30)23-17-28-18-27(23)13-15-32-25-22(27)10-7-11-24(25)31-2/h4-11,20-21,23,28H,3,12-18H2,1-2H3/p+1/t20?,21?,23-,27-/m0/s1. The second-order valence-electron chi connectivity index (χ2n) is 9.60. The van der Waals surface area contributed by atoms with Crippen LogP contribution in [0.4, 0.5) is 0 Å². The van der Waals surface area contributed by atoms with E-state index in [0.717, 1.165) is 62.4 Å². The van der Waals surface area contributed by atoms with Gasteiger partial charge < -0.3 is 19.7 Å². The molecule has 5 nitrogen and oxygen atoms in total. The van der Waals surface area contributed by atoms with E-state index in [-0.39, 0.29) is 11.3 Å². The first-order valence-electron chi connectivity index (χ1n) is 12.2. The molecule has 3 heterocycles. The third-order valence-electron chi connectivity index (χ3n) is 8.15. The van der Waals surface area contributed by atoms with Crippen molar-refractivity contribution >= 4 is 5.91 Å². The van der Waals surface area contributed by atoms with E-state index in [2.05, 4.69) is 53.5 Å². The van der Waals surface area contributed by atoms with E-state index in [1.165, 1.54) is 5.56 Å². The molecule has 1 spiro atoms. The van der Waals surface area contributed by atoms with E-state index in [9.17, 15) is 4.79 Å². The fourth-order valence-corrected chi connectivity index (χ4v) is 6.43. The number of methoxy groups -OCH3 is 1. The van der Waals surface area contributed by atoms with Gasteiger partial charge in [-0.1, -0.05) is 49.4 Å². The molecule has 5 heteroatoms. The summed E-state index contributed by atoms with van der Waals surface area (Å²) >= 11 is 0. The summed E-state index contributed by atoms with van der Waals surface area (Å²) in [6.07, 6.45) is 4.00. The van der Waals surface area contributed by atoms with Crippen molar-refractivity contribution in [3.8, 4) is 11.5 Å². The second kappa shape index (κ2) is 8.78. The van der Waals surface area contributed by atoms with Crippen molar-refractivity contribution in [3.63, 3.8) is 0 Å². The summed E-state index contributed by atoms with van der Waals surface area (Å²) in [6, 6.07) is 17.3. The highest BCUT2D eigenvalue weighted by Gasteiger charge is 2.55. The average molecular weight is 436 g/mol. The number of quaternary nitrogens is 1. The molecular weight excluding hydrogens is 400 g/mol. The van der Waals surface area contributed by atoms with Crippen molar-refractivity contribution in [1.29, 1.82) is 0 Å². The fraction of sp³-hybridized carbons (Fsp3) is 0.519. The minimum absolute atomic E-state index is 0.0143. The SMILES string of the molecule is CCC1CC(c2ccccc2)CCN1C(=O)[C@@H]1C[NH2+]C[C@]12CCOc1c(OC)cccc12. The largest absolute Gasteiger partial charge is 0.493 e. The summed E-state index contributed by atoms with van der Waals surface area (Å²) in [5, 5.41) is 2.33. The molecule has 5 rings (SSSR count).